The van der Waals surface area contributed by atoms with E-state index < -0.39 is 6.04 Å². The first-order chi connectivity index (χ1) is 18.9. The summed E-state index contributed by atoms with van der Waals surface area (Å²) in [5.41, 5.74) is 5.17. The molecule has 0 saturated heterocycles. The SMILES string of the molecule is CC(=O)NC(Cc1c[nH]c2cc(F)ccc12)C(=O)Nc1ccc(C)c(Nc2nccc(-c3cccnc3)n2)c1. The fraction of sp³-hybridized carbons (Fsp3) is 0.138. The van der Waals surface area contributed by atoms with Crippen LogP contribution in [0.4, 0.5) is 21.7 Å². The summed E-state index contributed by atoms with van der Waals surface area (Å²) in [6, 6.07) is 14.6. The number of hydrogen-bond donors (Lipinski definition) is 4. The second kappa shape index (κ2) is 11.1. The lowest BCUT2D eigenvalue weighted by molar-refractivity contribution is -0.125. The molecule has 4 N–H and O–H groups in total. The van der Waals surface area contributed by atoms with Crippen LogP contribution in [0.25, 0.3) is 22.2 Å². The zero-order valence-electron chi connectivity index (χ0n) is 21.3. The molecule has 0 aliphatic heterocycles. The lowest BCUT2D eigenvalue weighted by Gasteiger charge is -2.18. The highest BCUT2D eigenvalue weighted by atomic mass is 19.1. The van der Waals surface area contributed by atoms with Crippen LogP contribution in [0.2, 0.25) is 0 Å². The van der Waals surface area contributed by atoms with E-state index in [0.717, 1.165) is 27.8 Å². The number of aromatic nitrogens is 4. The Labute approximate surface area is 223 Å². The zero-order valence-corrected chi connectivity index (χ0v) is 21.3. The van der Waals surface area contributed by atoms with Crippen LogP contribution in [0, 0.1) is 12.7 Å². The first kappa shape index (κ1) is 25.5. The molecule has 10 heteroatoms. The number of anilines is 3. The zero-order chi connectivity index (χ0) is 27.4. The van der Waals surface area contributed by atoms with Gasteiger partial charge in [0.05, 0.1) is 5.69 Å². The number of hydrogen-bond acceptors (Lipinski definition) is 6. The molecule has 0 saturated carbocycles. The molecule has 9 nitrogen and oxygen atoms in total. The van der Waals surface area contributed by atoms with Gasteiger partial charge in [0.15, 0.2) is 0 Å². The molecule has 5 aromatic rings. The van der Waals surface area contributed by atoms with E-state index in [0.29, 0.717) is 22.8 Å². The number of carbonyl (C=O) groups excluding carboxylic acids is 2. The summed E-state index contributed by atoms with van der Waals surface area (Å²) in [7, 11) is 0. The van der Waals surface area contributed by atoms with Crippen molar-refractivity contribution in [2.45, 2.75) is 26.3 Å². The number of aromatic amines is 1. The number of carbonyl (C=O) groups is 2. The maximum absolute atomic E-state index is 13.6. The van der Waals surface area contributed by atoms with E-state index in [1.54, 1.807) is 49.1 Å². The van der Waals surface area contributed by atoms with Crippen molar-refractivity contribution in [3.05, 3.63) is 96.3 Å². The second-order valence-electron chi connectivity index (χ2n) is 9.11. The van der Waals surface area contributed by atoms with E-state index in [2.05, 4.69) is 35.9 Å². The van der Waals surface area contributed by atoms with Crippen LogP contribution in [0.15, 0.2) is 79.4 Å². The lowest BCUT2D eigenvalue weighted by Crippen LogP contribution is -2.44. The molecule has 5 rings (SSSR count). The topological polar surface area (TPSA) is 125 Å². The molecule has 0 fully saturated rings. The third kappa shape index (κ3) is 6.07. The summed E-state index contributed by atoms with van der Waals surface area (Å²) in [5.74, 6) is -0.677. The van der Waals surface area contributed by atoms with Gasteiger partial charge in [0.25, 0.3) is 0 Å². The number of H-pyrrole nitrogens is 1. The number of nitrogens with one attached hydrogen (secondary N) is 4. The molecular weight excluding hydrogens is 497 g/mol. The van der Waals surface area contributed by atoms with Crippen LogP contribution in [-0.4, -0.2) is 37.8 Å². The van der Waals surface area contributed by atoms with Gasteiger partial charge in [0.1, 0.15) is 11.9 Å². The van der Waals surface area contributed by atoms with Crippen LogP contribution < -0.4 is 16.0 Å². The number of nitrogens with zero attached hydrogens (tertiary/aromatic N) is 3. The Balaban J connectivity index is 1.34. The molecule has 0 aliphatic rings. The summed E-state index contributed by atoms with van der Waals surface area (Å²) in [4.78, 5) is 41.2. The van der Waals surface area contributed by atoms with Crippen LogP contribution in [-0.2, 0) is 16.0 Å². The summed E-state index contributed by atoms with van der Waals surface area (Å²) < 4.78 is 13.6. The number of pyridine rings is 1. The van der Waals surface area contributed by atoms with Gasteiger partial charge in [-0.1, -0.05) is 6.07 Å². The molecule has 39 heavy (non-hydrogen) atoms. The van der Waals surface area contributed by atoms with E-state index >= 15 is 0 Å². The van der Waals surface area contributed by atoms with Crippen molar-refractivity contribution in [1.29, 1.82) is 0 Å². The lowest BCUT2D eigenvalue weighted by atomic mass is 10.0. The van der Waals surface area contributed by atoms with Gasteiger partial charge >= 0.3 is 0 Å². The Morgan fingerprint density at radius 1 is 1.08 bits per heavy atom. The maximum Gasteiger partial charge on any atom is 0.247 e. The van der Waals surface area contributed by atoms with E-state index in [1.165, 1.54) is 19.1 Å². The largest absolute Gasteiger partial charge is 0.361 e. The molecule has 1 atom stereocenters. The fourth-order valence-corrected chi connectivity index (χ4v) is 4.28. The number of aryl methyl sites for hydroxylation is 1. The minimum Gasteiger partial charge on any atom is -0.361 e. The van der Waals surface area contributed by atoms with Crippen LogP contribution in [0.3, 0.4) is 0 Å². The van der Waals surface area contributed by atoms with Gasteiger partial charge in [-0.2, -0.15) is 0 Å². The second-order valence-corrected chi connectivity index (χ2v) is 9.11. The number of halogens is 1. The standard InChI is InChI=1S/C29H26FN7O2/c1-17-5-7-22(14-25(17)37-29-32-11-9-24(36-29)19-4-3-10-31-15-19)35-28(39)27(34-18(2)38)12-20-16-33-26-13-21(30)6-8-23(20)26/h3-11,13-16,27,33H,12H2,1-2H3,(H,34,38)(H,35,39)(H,32,36,37). The molecule has 2 amide bonds. The van der Waals surface area contributed by atoms with Crippen molar-refractivity contribution in [2.75, 3.05) is 10.6 Å². The van der Waals surface area contributed by atoms with Gasteiger partial charge in [0, 0.05) is 66.0 Å². The van der Waals surface area contributed by atoms with Crippen molar-refractivity contribution >= 4 is 40.0 Å². The molecule has 196 valence electrons. The van der Waals surface area contributed by atoms with Crippen molar-refractivity contribution in [3.63, 3.8) is 0 Å². The first-order valence-corrected chi connectivity index (χ1v) is 12.3. The monoisotopic (exact) mass is 523 g/mol. The molecule has 2 aromatic carbocycles. The smallest absolute Gasteiger partial charge is 0.247 e. The van der Waals surface area contributed by atoms with Crippen LogP contribution in [0.5, 0.6) is 0 Å². The van der Waals surface area contributed by atoms with E-state index in [1.807, 2.05) is 25.1 Å². The average molecular weight is 524 g/mol. The van der Waals surface area contributed by atoms with Gasteiger partial charge in [-0.25, -0.2) is 14.4 Å². The summed E-state index contributed by atoms with van der Waals surface area (Å²) in [6.45, 7) is 3.29. The molecular formula is C29H26FN7O2. The molecule has 1 unspecified atom stereocenters. The fourth-order valence-electron chi connectivity index (χ4n) is 4.28. The van der Waals surface area contributed by atoms with Gasteiger partial charge in [-0.05, 0) is 66.6 Å². The van der Waals surface area contributed by atoms with Crippen molar-refractivity contribution in [1.82, 2.24) is 25.3 Å². The molecule has 3 heterocycles. The van der Waals surface area contributed by atoms with Crippen LogP contribution >= 0.6 is 0 Å². The third-order valence-electron chi connectivity index (χ3n) is 6.21. The highest BCUT2D eigenvalue weighted by molar-refractivity contribution is 5.98. The minimum absolute atomic E-state index is 0.225. The van der Waals surface area contributed by atoms with E-state index in [9.17, 15) is 14.0 Å². The molecule has 0 spiro atoms. The number of fused-ring (bicyclic) bond motifs is 1. The summed E-state index contributed by atoms with van der Waals surface area (Å²) >= 11 is 0. The Hall–Kier alpha value is -5.12. The summed E-state index contributed by atoms with van der Waals surface area (Å²) in [6.07, 6.45) is 7.04. The Kier molecular flexibility index (Phi) is 7.26. The average Bonchev–Trinajstić information content (AvgIpc) is 3.32. The Bertz CT molecular complexity index is 1650. The molecule has 0 aliphatic carbocycles. The van der Waals surface area contributed by atoms with Crippen molar-refractivity contribution in [2.24, 2.45) is 0 Å². The quantitative estimate of drug-likeness (QED) is 0.229. The predicted octanol–water partition coefficient (Wildman–Crippen LogP) is 4.90. The first-order valence-electron chi connectivity index (χ1n) is 12.3. The number of rotatable bonds is 8. The highest BCUT2D eigenvalue weighted by Crippen LogP contribution is 2.25. The van der Waals surface area contributed by atoms with Gasteiger partial charge in [0.2, 0.25) is 17.8 Å². The Morgan fingerprint density at radius 2 is 1.95 bits per heavy atom. The van der Waals surface area contributed by atoms with Gasteiger partial charge < -0.3 is 20.9 Å². The Morgan fingerprint density at radius 3 is 2.74 bits per heavy atom. The van der Waals surface area contributed by atoms with Crippen LogP contribution in [0.1, 0.15) is 18.1 Å². The predicted molar refractivity (Wildman–Crippen MR) is 148 cm³/mol. The maximum atomic E-state index is 13.6. The number of amides is 2. The van der Waals surface area contributed by atoms with Gasteiger partial charge in [-0.15, -0.1) is 0 Å². The van der Waals surface area contributed by atoms with E-state index in [-0.39, 0.29) is 24.1 Å². The summed E-state index contributed by atoms with van der Waals surface area (Å²) in [5, 5.41) is 9.62. The third-order valence-corrected chi connectivity index (χ3v) is 6.21. The highest BCUT2D eigenvalue weighted by Gasteiger charge is 2.22. The normalized spacial score (nSPS) is 11.7. The molecule has 0 bridgehead atoms. The number of benzene rings is 2. The van der Waals surface area contributed by atoms with Gasteiger partial charge in [-0.3, -0.25) is 14.6 Å². The minimum atomic E-state index is -0.844. The molecule has 0 radical (unpaired) electrons. The van der Waals surface area contributed by atoms with E-state index in [4.69, 9.17) is 0 Å². The molecule has 3 aromatic heterocycles. The van der Waals surface area contributed by atoms with Crippen molar-refractivity contribution in [3.8, 4) is 11.3 Å². The van der Waals surface area contributed by atoms with Crippen molar-refractivity contribution < 1.29 is 14.0 Å².